The highest BCUT2D eigenvalue weighted by atomic mass is 79.9. The van der Waals surface area contributed by atoms with E-state index in [2.05, 4.69) is 40.3 Å². The van der Waals surface area contributed by atoms with Crippen LogP contribution in [0.4, 0.5) is 5.69 Å². The summed E-state index contributed by atoms with van der Waals surface area (Å²) in [6.07, 6.45) is 0.948. The number of rotatable bonds is 4. The third-order valence-electron chi connectivity index (χ3n) is 2.96. The Bertz CT molecular complexity index is 534. The van der Waals surface area contributed by atoms with E-state index in [4.69, 9.17) is 23.2 Å². The third-order valence-corrected chi connectivity index (χ3v) is 4.12. The second kappa shape index (κ2) is 6.65. The summed E-state index contributed by atoms with van der Waals surface area (Å²) in [5.74, 6) is 0. The van der Waals surface area contributed by atoms with Crippen LogP contribution in [-0.4, -0.2) is 0 Å². The largest absolute Gasteiger partial charge is 0.376 e. The van der Waals surface area contributed by atoms with E-state index in [-0.39, 0.29) is 6.04 Å². The Morgan fingerprint density at radius 3 is 2.16 bits per heavy atom. The summed E-state index contributed by atoms with van der Waals surface area (Å²) >= 11 is 15.8. The maximum atomic E-state index is 6.19. The predicted octanol–water partition coefficient (Wildman–Crippen LogP) is 6.32. The number of nitrogens with one attached hydrogen (secondary N) is 1. The van der Waals surface area contributed by atoms with Crippen LogP contribution < -0.4 is 5.32 Å². The first-order valence-electron chi connectivity index (χ1n) is 6.08. The first-order valence-corrected chi connectivity index (χ1v) is 7.62. The SMILES string of the molecule is CCC(Nc1c(Cl)cccc1Cl)c1ccc(Br)cc1. The van der Waals surface area contributed by atoms with Gasteiger partial charge >= 0.3 is 0 Å². The Hall–Kier alpha value is -0.700. The molecule has 0 spiro atoms. The van der Waals surface area contributed by atoms with E-state index < -0.39 is 0 Å². The highest BCUT2D eigenvalue weighted by Crippen LogP contribution is 2.34. The van der Waals surface area contributed by atoms with Crippen LogP contribution in [0.5, 0.6) is 0 Å². The summed E-state index contributed by atoms with van der Waals surface area (Å²) in [5.41, 5.74) is 2.00. The van der Waals surface area contributed by atoms with E-state index in [1.807, 2.05) is 30.3 Å². The zero-order chi connectivity index (χ0) is 13.8. The van der Waals surface area contributed by atoms with Crippen molar-refractivity contribution in [2.45, 2.75) is 19.4 Å². The zero-order valence-electron chi connectivity index (χ0n) is 10.5. The van der Waals surface area contributed by atoms with Crippen LogP contribution in [0.1, 0.15) is 24.9 Å². The van der Waals surface area contributed by atoms with Crippen LogP contribution in [0.15, 0.2) is 46.9 Å². The summed E-state index contributed by atoms with van der Waals surface area (Å²) < 4.78 is 1.07. The van der Waals surface area contributed by atoms with E-state index >= 15 is 0 Å². The average Bonchev–Trinajstić information content (AvgIpc) is 2.40. The van der Waals surface area contributed by atoms with Crippen molar-refractivity contribution >= 4 is 44.8 Å². The summed E-state index contributed by atoms with van der Waals surface area (Å²) in [5, 5.41) is 4.71. The van der Waals surface area contributed by atoms with Gasteiger partial charge in [-0.15, -0.1) is 0 Å². The fourth-order valence-corrected chi connectivity index (χ4v) is 2.70. The van der Waals surface area contributed by atoms with E-state index in [1.54, 1.807) is 0 Å². The van der Waals surface area contributed by atoms with Crippen molar-refractivity contribution in [3.8, 4) is 0 Å². The molecule has 0 aliphatic rings. The number of hydrogen-bond donors (Lipinski definition) is 1. The molecule has 0 aromatic heterocycles. The minimum atomic E-state index is 0.186. The molecule has 2 aromatic carbocycles. The number of hydrogen-bond acceptors (Lipinski definition) is 1. The van der Waals surface area contributed by atoms with Gasteiger partial charge in [-0.25, -0.2) is 0 Å². The Balaban J connectivity index is 2.26. The Morgan fingerprint density at radius 2 is 1.63 bits per heavy atom. The van der Waals surface area contributed by atoms with Crippen molar-refractivity contribution in [1.29, 1.82) is 0 Å². The molecule has 0 heterocycles. The molecule has 2 rings (SSSR count). The quantitative estimate of drug-likeness (QED) is 0.674. The van der Waals surface area contributed by atoms with E-state index in [0.29, 0.717) is 10.0 Å². The van der Waals surface area contributed by atoms with Gasteiger partial charge in [-0.3, -0.25) is 0 Å². The second-order valence-corrected chi connectivity index (χ2v) is 5.98. The standard InChI is InChI=1S/C15H14BrCl2N/c1-2-14(10-6-8-11(16)9-7-10)19-15-12(17)4-3-5-13(15)18/h3-9,14,19H,2H2,1H3. The molecule has 4 heteroatoms. The molecule has 100 valence electrons. The molecule has 0 amide bonds. The molecule has 0 saturated carbocycles. The summed E-state index contributed by atoms with van der Waals surface area (Å²) in [4.78, 5) is 0. The molecule has 0 saturated heterocycles. The molecule has 0 aliphatic heterocycles. The van der Waals surface area contributed by atoms with Gasteiger partial charge in [0.15, 0.2) is 0 Å². The van der Waals surface area contributed by atoms with Crippen molar-refractivity contribution in [2.75, 3.05) is 5.32 Å². The molecule has 0 aliphatic carbocycles. The van der Waals surface area contributed by atoms with Crippen LogP contribution in [0, 0.1) is 0 Å². The lowest BCUT2D eigenvalue weighted by Gasteiger charge is -2.20. The molecule has 1 unspecified atom stereocenters. The van der Waals surface area contributed by atoms with Crippen LogP contribution in [-0.2, 0) is 0 Å². The van der Waals surface area contributed by atoms with Crippen molar-refractivity contribution in [3.05, 3.63) is 62.5 Å². The highest BCUT2D eigenvalue weighted by Gasteiger charge is 2.13. The first-order chi connectivity index (χ1) is 9.11. The van der Waals surface area contributed by atoms with Crippen LogP contribution >= 0.6 is 39.1 Å². The minimum Gasteiger partial charge on any atom is -0.376 e. The molecular weight excluding hydrogens is 345 g/mol. The summed E-state index contributed by atoms with van der Waals surface area (Å²) in [6, 6.07) is 14.0. The number of anilines is 1. The summed E-state index contributed by atoms with van der Waals surface area (Å²) in [6.45, 7) is 2.13. The predicted molar refractivity (Wildman–Crippen MR) is 87.3 cm³/mol. The maximum Gasteiger partial charge on any atom is 0.0723 e. The van der Waals surface area contributed by atoms with Crippen molar-refractivity contribution in [2.24, 2.45) is 0 Å². The van der Waals surface area contributed by atoms with Crippen molar-refractivity contribution in [3.63, 3.8) is 0 Å². The van der Waals surface area contributed by atoms with Gasteiger partial charge < -0.3 is 5.32 Å². The molecule has 2 aromatic rings. The lowest BCUT2D eigenvalue weighted by Crippen LogP contribution is -2.10. The van der Waals surface area contributed by atoms with Crippen LogP contribution in [0.2, 0.25) is 10.0 Å². The van der Waals surface area contributed by atoms with Gasteiger partial charge in [0.05, 0.1) is 21.8 Å². The molecule has 1 N–H and O–H groups in total. The molecule has 1 atom stereocenters. The molecule has 0 fully saturated rings. The third kappa shape index (κ3) is 3.65. The van der Waals surface area contributed by atoms with Gasteiger partial charge in [0.2, 0.25) is 0 Å². The number of benzene rings is 2. The highest BCUT2D eigenvalue weighted by molar-refractivity contribution is 9.10. The van der Waals surface area contributed by atoms with Gasteiger partial charge in [0, 0.05) is 4.47 Å². The Labute approximate surface area is 132 Å². The number of halogens is 3. The van der Waals surface area contributed by atoms with Crippen molar-refractivity contribution < 1.29 is 0 Å². The van der Waals surface area contributed by atoms with Crippen LogP contribution in [0.25, 0.3) is 0 Å². The van der Waals surface area contributed by atoms with Gasteiger partial charge in [-0.1, -0.05) is 64.3 Å². The lowest BCUT2D eigenvalue weighted by molar-refractivity contribution is 0.749. The molecule has 19 heavy (non-hydrogen) atoms. The fourth-order valence-electron chi connectivity index (χ4n) is 1.93. The maximum absolute atomic E-state index is 6.19. The number of para-hydroxylation sites is 1. The average molecular weight is 359 g/mol. The normalized spacial score (nSPS) is 12.2. The zero-order valence-corrected chi connectivity index (χ0v) is 13.6. The minimum absolute atomic E-state index is 0.186. The van der Waals surface area contributed by atoms with Crippen molar-refractivity contribution in [1.82, 2.24) is 0 Å². The fraction of sp³-hybridized carbons (Fsp3) is 0.200. The Kier molecular flexibility index (Phi) is 5.14. The van der Waals surface area contributed by atoms with E-state index in [0.717, 1.165) is 16.6 Å². The van der Waals surface area contributed by atoms with E-state index in [1.165, 1.54) is 5.56 Å². The van der Waals surface area contributed by atoms with Gasteiger partial charge in [0.1, 0.15) is 0 Å². The molecule has 1 nitrogen and oxygen atoms in total. The molecule has 0 bridgehead atoms. The monoisotopic (exact) mass is 357 g/mol. The van der Waals surface area contributed by atoms with Gasteiger partial charge in [0.25, 0.3) is 0 Å². The second-order valence-electron chi connectivity index (χ2n) is 4.25. The summed E-state index contributed by atoms with van der Waals surface area (Å²) in [7, 11) is 0. The Morgan fingerprint density at radius 1 is 1.05 bits per heavy atom. The molecule has 0 radical (unpaired) electrons. The first kappa shape index (κ1) is 14.7. The molecular formula is C15H14BrCl2N. The topological polar surface area (TPSA) is 12.0 Å². The van der Waals surface area contributed by atoms with Gasteiger partial charge in [-0.05, 0) is 36.2 Å². The van der Waals surface area contributed by atoms with E-state index in [9.17, 15) is 0 Å². The van der Waals surface area contributed by atoms with Crippen LogP contribution in [0.3, 0.4) is 0 Å². The lowest BCUT2D eigenvalue weighted by atomic mass is 10.0. The van der Waals surface area contributed by atoms with Gasteiger partial charge in [-0.2, -0.15) is 0 Å². The smallest absolute Gasteiger partial charge is 0.0723 e.